The maximum atomic E-state index is 12.8. The maximum Gasteiger partial charge on any atom is 0.407 e. The summed E-state index contributed by atoms with van der Waals surface area (Å²) in [4.78, 5) is 36.5. The number of fused-ring (bicyclic) bond motifs is 3. The van der Waals surface area contributed by atoms with Gasteiger partial charge in [0.15, 0.2) is 0 Å². The number of benzene rings is 2. The van der Waals surface area contributed by atoms with Crippen LogP contribution in [-0.2, 0) is 14.3 Å². The zero-order valence-electron chi connectivity index (χ0n) is 21.0. The summed E-state index contributed by atoms with van der Waals surface area (Å²) in [5.41, 5.74) is 4.52. The van der Waals surface area contributed by atoms with Gasteiger partial charge in [-0.15, -0.1) is 0 Å². The van der Waals surface area contributed by atoms with Crippen LogP contribution >= 0.6 is 0 Å². The molecule has 0 radical (unpaired) electrons. The highest BCUT2D eigenvalue weighted by Crippen LogP contribution is 2.44. The van der Waals surface area contributed by atoms with Crippen LogP contribution in [0, 0.1) is 11.3 Å². The molecule has 2 aromatic rings. The molecule has 0 saturated heterocycles. The molecule has 0 spiro atoms. The molecule has 2 unspecified atom stereocenters. The Bertz CT molecular complexity index is 1010. The van der Waals surface area contributed by atoms with Gasteiger partial charge in [0.05, 0.1) is 0 Å². The first-order valence-electron chi connectivity index (χ1n) is 12.2. The summed E-state index contributed by atoms with van der Waals surface area (Å²) >= 11 is 0. The van der Waals surface area contributed by atoms with E-state index < -0.39 is 18.1 Å². The number of carbonyl (C=O) groups excluding carboxylic acids is 2. The van der Waals surface area contributed by atoms with Crippen molar-refractivity contribution in [2.75, 3.05) is 13.2 Å². The van der Waals surface area contributed by atoms with Crippen LogP contribution in [0.4, 0.5) is 4.79 Å². The minimum atomic E-state index is -0.909. The molecule has 7 heteroatoms. The number of nitrogens with one attached hydrogen (secondary N) is 2. The molecule has 35 heavy (non-hydrogen) atoms. The zero-order valence-corrected chi connectivity index (χ0v) is 21.0. The average Bonchev–Trinajstić information content (AvgIpc) is 3.11. The van der Waals surface area contributed by atoms with Gasteiger partial charge in [0, 0.05) is 18.9 Å². The molecule has 1 aliphatic rings. The molecule has 2 amide bonds. The summed E-state index contributed by atoms with van der Waals surface area (Å²) in [5.74, 6) is -1.52. The van der Waals surface area contributed by atoms with E-state index in [4.69, 9.17) is 9.84 Å². The van der Waals surface area contributed by atoms with Crippen molar-refractivity contribution in [3.63, 3.8) is 0 Å². The highest BCUT2D eigenvalue weighted by atomic mass is 16.5. The summed E-state index contributed by atoms with van der Waals surface area (Å²) in [5, 5.41) is 14.5. The number of aliphatic carboxylic acids is 1. The monoisotopic (exact) mass is 480 g/mol. The fraction of sp³-hybridized carbons (Fsp3) is 0.464. The number of amides is 2. The average molecular weight is 481 g/mol. The van der Waals surface area contributed by atoms with Gasteiger partial charge < -0.3 is 20.5 Å². The van der Waals surface area contributed by atoms with Gasteiger partial charge in [0.25, 0.3) is 0 Å². The molecule has 3 rings (SSSR count). The third kappa shape index (κ3) is 7.31. The molecule has 0 aliphatic heterocycles. The Balaban J connectivity index is 1.63. The van der Waals surface area contributed by atoms with E-state index in [0.717, 1.165) is 28.7 Å². The molecular formula is C28H36N2O5. The lowest BCUT2D eigenvalue weighted by Gasteiger charge is -2.24. The first-order valence-corrected chi connectivity index (χ1v) is 12.2. The minimum Gasteiger partial charge on any atom is -0.481 e. The van der Waals surface area contributed by atoms with E-state index in [9.17, 15) is 14.4 Å². The zero-order chi connectivity index (χ0) is 25.6. The number of alkyl carbamates (subject to hydrolysis) is 1. The standard InChI is InChI=1S/C28H36N2O5/c1-18(15-25(31)32)16-29-26(33)24(13-14-28(2,3)4)30-27(34)35-17-23-21-11-7-5-9-19(21)20-10-6-8-12-22(20)23/h5-12,18,23-24H,13-17H2,1-4H3,(H,29,33)(H,30,34)(H,31,32). The number of hydrogen-bond acceptors (Lipinski definition) is 4. The van der Waals surface area contributed by atoms with Crippen molar-refractivity contribution in [1.82, 2.24) is 10.6 Å². The van der Waals surface area contributed by atoms with Gasteiger partial charge in [-0.3, -0.25) is 9.59 Å². The summed E-state index contributed by atoms with van der Waals surface area (Å²) in [7, 11) is 0. The van der Waals surface area contributed by atoms with E-state index in [-0.39, 0.29) is 42.7 Å². The third-order valence-corrected chi connectivity index (χ3v) is 6.28. The first-order chi connectivity index (χ1) is 16.5. The molecule has 2 atom stereocenters. The SMILES string of the molecule is CC(CNC(=O)C(CCC(C)(C)C)NC(=O)OCC1c2ccccc2-c2ccccc21)CC(=O)O. The Morgan fingerprint density at radius 1 is 1.00 bits per heavy atom. The Labute approximate surface area is 207 Å². The van der Waals surface area contributed by atoms with Crippen LogP contribution < -0.4 is 10.6 Å². The van der Waals surface area contributed by atoms with Crippen LogP contribution in [0.3, 0.4) is 0 Å². The first kappa shape index (κ1) is 26.3. The van der Waals surface area contributed by atoms with Gasteiger partial charge in [-0.2, -0.15) is 0 Å². The molecular weight excluding hydrogens is 444 g/mol. The Kier molecular flexibility index (Phi) is 8.54. The summed E-state index contributed by atoms with van der Waals surface area (Å²) in [6.45, 7) is 8.38. The number of hydrogen-bond donors (Lipinski definition) is 3. The molecule has 0 heterocycles. The number of carbonyl (C=O) groups is 3. The second kappa shape index (κ2) is 11.4. The predicted molar refractivity (Wildman–Crippen MR) is 135 cm³/mol. The predicted octanol–water partition coefficient (Wildman–Crippen LogP) is 4.95. The molecule has 0 saturated carbocycles. The van der Waals surface area contributed by atoms with Gasteiger partial charge in [-0.1, -0.05) is 76.2 Å². The lowest BCUT2D eigenvalue weighted by Crippen LogP contribution is -2.48. The van der Waals surface area contributed by atoms with Crippen molar-refractivity contribution in [3.05, 3.63) is 59.7 Å². The molecule has 0 aromatic heterocycles. The van der Waals surface area contributed by atoms with Crippen molar-refractivity contribution in [1.29, 1.82) is 0 Å². The van der Waals surface area contributed by atoms with Gasteiger partial charge in [-0.25, -0.2) is 4.79 Å². The molecule has 1 aliphatic carbocycles. The highest BCUT2D eigenvalue weighted by Gasteiger charge is 2.30. The molecule has 188 valence electrons. The van der Waals surface area contributed by atoms with Crippen molar-refractivity contribution < 1.29 is 24.2 Å². The Hall–Kier alpha value is -3.35. The number of rotatable bonds is 10. The largest absolute Gasteiger partial charge is 0.481 e. The smallest absolute Gasteiger partial charge is 0.407 e. The van der Waals surface area contributed by atoms with Crippen LogP contribution in [0.5, 0.6) is 0 Å². The van der Waals surface area contributed by atoms with Gasteiger partial charge in [0.1, 0.15) is 12.6 Å². The summed E-state index contributed by atoms with van der Waals surface area (Å²) in [6.07, 6.45) is 0.499. The van der Waals surface area contributed by atoms with Crippen molar-refractivity contribution in [2.24, 2.45) is 11.3 Å². The maximum absolute atomic E-state index is 12.8. The third-order valence-electron chi connectivity index (χ3n) is 6.28. The van der Waals surface area contributed by atoms with E-state index in [1.54, 1.807) is 6.92 Å². The summed E-state index contributed by atoms with van der Waals surface area (Å²) in [6, 6.07) is 15.5. The number of carboxylic acids is 1. The second-order valence-corrected chi connectivity index (χ2v) is 10.6. The normalized spacial score (nSPS) is 14.4. The Morgan fingerprint density at radius 2 is 1.57 bits per heavy atom. The molecule has 0 bridgehead atoms. The van der Waals surface area contributed by atoms with Gasteiger partial charge >= 0.3 is 12.1 Å². The van der Waals surface area contributed by atoms with Gasteiger partial charge in [-0.05, 0) is 46.4 Å². The highest BCUT2D eigenvalue weighted by molar-refractivity contribution is 5.85. The molecule has 2 aromatic carbocycles. The van der Waals surface area contributed by atoms with Crippen molar-refractivity contribution in [2.45, 2.75) is 58.9 Å². The van der Waals surface area contributed by atoms with E-state index >= 15 is 0 Å². The van der Waals surface area contributed by atoms with Crippen molar-refractivity contribution >= 4 is 18.0 Å². The molecule has 7 nitrogen and oxygen atoms in total. The fourth-order valence-corrected chi connectivity index (χ4v) is 4.40. The van der Waals surface area contributed by atoms with E-state index in [2.05, 4.69) is 55.7 Å². The lowest BCUT2D eigenvalue weighted by atomic mass is 9.88. The quantitative estimate of drug-likeness (QED) is 0.446. The lowest BCUT2D eigenvalue weighted by molar-refractivity contribution is -0.138. The van der Waals surface area contributed by atoms with Crippen LogP contribution in [0.25, 0.3) is 11.1 Å². The molecule has 0 fully saturated rings. The second-order valence-electron chi connectivity index (χ2n) is 10.6. The topological polar surface area (TPSA) is 105 Å². The minimum absolute atomic E-state index is 0.0159. The van der Waals surface area contributed by atoms with E-state index in [1.807, 2.05) is 24.3 Å². The Morgan fingerprint density at radius 3 is 2.11 bits per heavy atom. The van der Waals surface area contributed by atoms with Crippen LogP contribution in [0.2, 0.25) is 0 Å². The van der Waals surface area contributed by atoms with Crippen molar-refractivity contribution in [3.8, 4) is 11.1 Å². The van der Waals surface area contributed by atoms with Gasteiger partial charge in [0.2, 0.25) is 5.91 Å². The number of ether oxygens (including phenoxy) is 1. The number of carboxylic acid groups (broad SMARTS) is 1. The molecule has 3 N–H and O–H groups in total. The van der Waals surface area contributed by atoms with Crippen LogP contribution in [0.1, 0.15) is 64.0 Å². The summed E-state index contributed by atoms with van der Waals surface area (Å²) < 4.78 is 5.62. The van der Waals surface area contributed by atoms with Crippen LogP contribution in [0.15, 0.2) is 48.5 Å². The van der Waals surface area contributed by atoms with E-state index in [1.165, 1.54) is 0 Å². The van der Waals surface area contributed by atoms with E-state index in [0.29, 0.717) is 6.42 Å². The van der Waals surface area contributed by atoms with Crippen LogP contribution in [-0.4, -0.2) is 42.3 Å². The fourth-order valence-electron chi connectivity index (χ4n) is 4.40.